The zero-order valence-corrected chi connectivity index (χ0v) is 13.4. The van der Waals surface area contributed by atoms with Crippen LogP contribution in [-0.2, 0) is 12.8 Å². The van der Waals surface area contributed by atoms with Gasteiger partial charge in [-0.05, 0) is 48.1 Å². The Bertz CT molecular complexity index is 557. The van der Waals surface area contributed by atoms with E-state index >= 15 is 0 Å². The Balaban J connectivity index is 2.08. The summed E-state index contributed by atoms with van der Waals surface area (Å²) in [6, 6.07) is 13.2. The Kier molecular flexibility index (Phi) is 6.25. The predicted octanol–water partition coefficient (Wildman–Crippen LogP) is 5.28. The molecule has 0 radical (unpaired) electrons. The third-order valence-corrected chi connectivity index (χ3v) is 4.12. The van der Waals surface area contributed by atoms with Crippen LogP contribution < -0.4 is 0 Å². The van der Waals surface area contributed by atoms with Crippen LogP contribution in [0.3, 0.4) is 0 Å². The lowest BCUT2D eigenvalue weighted by Crippen LogP contribution is -2.04. The highest BCUT2D eigenvalue weighted by atomic mass is 16.3. The van der Waals surface area contributed by atoms with Gasteiger partial charge in [0.25, 0.3) is 0 Å². The van der Waals surface area contributed by atoms with Crippen molar-refractivity contribution < 1.29 is 5.11 Å². The van der Waals surface area contributed by atoms with Crippen molar-refractivity contribution in [2.75, 3.05) is 0 Å². The highest BCUT2D eigenvalue weighted by Gasteiger charge is 2.05. The van der Waals surface area contributed by atoms with Gasteiger partial charge in [0.2, 0.25) is 0 Å². The molecule has 0 amide bonds. The Morgan fingerprint density at radius 2 is 1.81 bits per heavy atom. The van der Waals surface area contributed by atoms with Crippen LogP contribution in [0, 0.1) is 0 Å². The van der Waals surface area contributed by atoms with Crippen LogP contribution >= 0.6 is 0 Å². The number of benzene rings is 2. The molecule has 0 aliphatic carbocycles. The number of aryl methyl sites for hydroxylation is 1. The van der Waals surface area contributed by atoms with Gasteiger partial charge >= 0.3 is 0 Å². The van der Waals surface area contributed by atoms with Crippen LogP contribution in [0.2, 0.25) is 0 Å². The average molecular weight is 284 g/mol. The minimum Gasteiger partial charge on any atom is -0.393 e. The fourth-order valence-corrected chi connectivity index (χ4v) is 2.97. The first kappa shape index (κ1) is 16.0. The maximum Gasteiger partial charge on any atom is 0.0552 e. The Labute approximate surface area is 129 Å². The SMILES string of the molecule is CCCCCCCc1ccc2cccc(CC(C)O)c2c1. The van der Waals surface area contributed by atoms with E-state index in [-0.39, 0.29) is 6.10 Å². The molecule has 0 fully saturated rings. The third-order valence-electron chi connectivity index (χ3n) is 4.12. The Hall–Kier alpha value is -1.34. The van der Waals surface area contributed by atoms with E-state index in [1.54, 1.807) is 0 Å². The molecule has 1 atom stereocenters. The molecule has 0 bridgehead atoms. The van der Waals surface area contributed by atoms with Crippen molar-refractivity contribution in [1.82, 2.24) is 0 Å². The molecular weight excluding hydrogens is 256 g/mol. The van der Waals surface area contributed by atoms with E-state index in [1.807, 2.05) is 6.92 Å². The summed E-state index contributed by atoms with van der Waals surface area (Å²) in [6.07, 6.45) is 8.26. The molecule has 0 aliphatic heterocycles. The van der Waals surface area contributed by atoms with Crippen molar-refractivity contribution in [2.24, 2.45) is 0 Å². The number of unbranched alkanes of at least 4 members (excludes halogenated alkanes) is 4. The molecule has 1 unspecified atom stereocenters. The Morgan fingerprint density at radius 1 is 1.00 bits per heavy atom. The second kappa shape index (κ2) is 8.19. The van der Waals surface area contributed by atoms with Crippen molar-refractivity contribution in [3.05, 3.63) is 47.5 Å². The molecule has 114 valence electrons. The molecule has 0 heterocycles. The van der Waals surface area contributed by atoms with Crippen molar-refractivity contribution in [2.45, 2.75) is 64.9 Å². The molecule has 0 saturated heterocycles. The molecule has 1 heteroatoms. The standard InChI is InChI=1S/C20H28O/c1-3-4-5-6-7-9-17-12-13-18-10-8-11-19(14-16(2)21)20(18)15-17/h8,10-13,15-16,21H,3-7,9,14H2,1-2H3. The molecule has 2 aromatic rings. The summed E-state index contributed by atoms with van der Waals surface area (Å²) in [5.41, 5.74) is 2.69. The lowest BCUT2D eigenvalue weighted by atomic mass is 9.96. The van der Waals surface area contributed by atoms with Gasteiger partial charge < -0.3 is 5.11 Å². The molecule has 1 nitrogen and oxygen atoms in total. The zero-order valence-electron chi connectivity index (χ0n) is 13.4. The summed E-state index contributed by atoms with van der Waals surface area (Å²) < 4.78 is 0. The zero-order chi connectivity index (χ0) is 15.1. The van der Waals surface area contributed by atoms with Gasteiger partial charge in [-0.25, -0.2) is 0 Å². The summed E-state index contributed by atoms with van der Waals surface area (Å²) in [6.45, 7) is 4.11. The van der Waals surface area contributed by atoms with E-state index in [0.29, 0.717) is 0 Å². The smallest absolute Gasteiger partial charge is 0.0552 e. The monoisotopic (exact) mass is 284 g/mol. The van der Waals surface area contributed by atoms with Crippen LogP contribution in [0.1, 0.15) is 57.1 Å². The number of aliphatic hydroxyl groups is 1. The fourth-order valence-electron chi connectivity index (χ4n) is 2.97. The first-order valence-electron chi connectivity index (χ1n) is 8.39. The van der Waals surface area contributed by atoms with Gasteiger partial charge in [-0.1, -0.05) is 69.0 Å². The van der Waals surface area contributed by atoms with Gasteiger partial charge in [0.1, 0.15) is 0 Å². The van der Waals surface area contributed by atoms with Gasteiger partial charge in [-0.15, -0.1) is 0 Å². The summed E-state index contributed by atoms with van der Waals surface area (Å²) in [5.74, 6) is 0. The first-order valence-corrected chi connectivity index (χ1v) is 8.39. The Morgan fingerprint density at radius 3 is 2.57 bits per heavy atom. The molecule has 21 heavy (non-hydrogen) atoms. The minimum atomic E-state index is -0.284. The largest absolute Gasteiger partial charge is 0.393 e. The van der Waals surface area contributed by atoms with E-state index < -0.39 is 0 Å². The normalized spacial score (nSPS) is 12.7. The van der Waals surface area contributed by atoms with Crippen LogP contribution in [0.15, 0.2) is 36.4 Å². The molecular formula is C20H28O. The molecule has 0 aliphatic rings. The van der Waals surface area contributed by atoms with Crippen molar-refractivity contribution in [3.63, 3.8) is 0 Å². The average Bonchev–Trinajstić information content (AvgIpc) is 2.47. The fraction of sp³-hybridized carbons (Fsp3) is 0.500. The number of hydrogen-bond acceptors (Lipinski definition) is 1. The molecule has 0 aromatic heterocycles. The molecule has 0 spiro atoms. The molecule has 2 aromatic carbocycles. The van der Waals surface area contributed by atoms with E-state index in [1.165, 1.54) is 60.4 Å². The van der Waals surface area contributed by atoms with Gasteiger partial charge in [0.05, 0.1) is 6.10 Å². The summed E-state index contributed by atoms with van der Waals surface area (Å²) in [7, 11) is 0. The van der Waals surface area contributed by atoms with Crippen molar-refractivity contribution in [3.8, 4) is 0 Å². The van der Waals surface area contributed by atoms with Crippen LogP contribution in [0.5, 0.6) is 0 Å². The molecule has 2 rings (SSSR count). The summed E-state index contributed by atoms with van der Waals surface area (Å²) in [5, 5.41) is 12.2. The minimum absolute atomic E-state index is 0.284. The summed E-state index contributed by atoms with van der Waals surface area (Å²) in [4.78, 5) is 0. The molecule has 0 saturated carbocycles. The quantitative estimate of drug-likeness (QED) is 0.654. The maximum absolute atomic E-state index is 9.66. The number of rotatable bonds is 8. The number of aliphatic hydroxyl groups excluding tert-OH is 1. The molecule has 1 N–H and O–H groups in total. The van der Waals surface area contributed by atoms with Crippen LogP contribution in [0.25, 0.3) is 10.8 Å². The van der Waals surface area contributed by atoms with E-state index in [9.17, 15) is 5.11 Å². The first-order chi connectivity index (χ1) is 10.2. The van der Waals surface area contributed by atoms with E-state index in [4.69, 9.17) is 0 Å². The lowest BCUT2D eigenvalue weighted by Gasteiger charge is -2.10. The third kappa shape index (κ3) is 4.86. The van der Waals surface area contributed by atoms with E-state index in [2.05, 4.69) is 43.3 Å². The van der Waals surface area contributed by atoms with Gasteiger partial charge in [0.15, 0.2) is 0 Å². The highest BCUT2D eigenvalue weighted by Crippen LogP contribution is 2.23. The van der Waals surface area contributed by atoms with Gasteiger partial charge in [-0.2, -0.15) is 0 Å². The maximum atomic E-state index is 9.66. The highest BCUT2D eigenvalue weighted by molar-refractivity contribution is 5.86. The second-order valence-corrected chi connectivity index (χ2v) is 6.19. The van der Waals surface area contributed by atoms with Crippen molar-refractivity contribution >= 4 is 10.8 Å². The number of hydrogen-bond donors (Lipinski definition) is 1. The van der Waals surface area contributed by atoms with Gasteiger partial charge in [-0.3, -0.25) is 0 Å². The van der Waals surface area contributed by atoms with E-state index in [0.717, 1.165) is 6.42 Å². The van der Waals surface area contributed by atoms with Crippen LogP contribution in [-0.4, -0.2) is 11.2 Å². The topological polar surface area (TPSA) is 20.2 Å². The van der Waals surface area contributed by atoms with Crippen LogP contribution in [0.4, 0.5) is 0 Å². The second-order valence-electron chi connectivity index (χ2n) is 6.19. The summed E-state index contributed by atoms with van der Waals surface area (Å²) >= 11 is 0. The lowest BCUT2D eigenvalue weighted by molar-refractivity contribution is 0.196. The number of fused-ring (bicyclic) bond motifs is 1. The van der Waals surface area contributed by atoms with Crippen molar-refractivity contribution in [1.29, 1.82) is 0 Å². The predicted molar refractivity (Wildman–Crippen MR) is 91.8 cm³/mol. The van der Waals surface area contributed by atoms with Gasteiger partial charge in [0, 0.05) is 0 Å².